The SMILES string of the molecule is Cc1ccc(Nc2cc(C)nc(N3CCN(S(=O)(=O)c4ccc([N+](=O)[O-])cc4)CC3)n2)cc1. The molecule has 1 saturated heterocycles. The molecule has 0 spiro atoms. The van der Waals surface area contributed by atoms with Crippen molar-refractivity contribution in [2.45, 2.75) is 18.7 Å². The van der Waals surface area contributed by atoms with Gasteiger partial charge in [-0.15, -0.1) is 0 Å². The molecule has 2 heterocycles. The van der Waals surface area contributed by atoms with Crippen molar-refractivity contribution < 1.29 is 13.3 Å². The van der Waals surface area contributed by atoms with E-state index in [1.165, 1.54) is 34.1 Å². The van der Waals surface area contributed by atoms with Crippen LogP contribution in [0.3, 0.4) is 0 Å². The number of aryl methyl sites for hydroxylation is 2. The summed E-state index contributed by atoms with van der Waals surface area (Å²) < 4.78 is 27.3. The summed E-state index contributed by atoms with van der Waals surface area (Å²) >= 11 is 0. The van der Waals surface area contributed by atoms with Crippen LogP contribution in [0.2, 0.25) is 0 Å². The predicted molar refractivity (Wildman–Crippen MR) is 125 cm³/mol. The Kier molecular flexibility index (Phi) is 6.25. The van der Waals surface area contributed by atoms with Crippen LogP contribution in [0, 0.1) is 24.0 Å². The van der Waals surface area contributed by atoms with E-state index in [-0.39, 0.29) is 23.7 Å². The molecule has 1 fully saturated rings. The van der Waals surface area contributed by atoms with Crippen molar-refractivity contribution >= 4 is 33.2 Å². The smallest absolute Gasteiger partial charge is 0.269 e. The Hall–Kier alpha value is -3.57. The molecule has 1 N–H and O–H groups in total. The maximum absolute atomic E-state index is 12.9. The van der Waals surface area contributed by atoms with Gasteiger partial charge in [0.25, 0.3) is 5.69 Å². The third-order valence-corrected chi connectivity index (χ3v) is 7.29. The Labute approximate surface area is 192 Å². The summed E-state index contributed by atoms with van der Waals surface area (Å²) in [6.45, 7) is 5.30. The second-order valence-corrected chi connectivity index (χ2v) is 9.77. The van der Waals surface area contributed by atoms with Crippen LogP contribution in [0.15, 0.2) is 59.5 Å². The van der Waals surface area contributed by atoms with E-state index in [0.29, 0.717) is 24.9 Å². The molecule has 0 aliphatic carbocycles. The van der Waals surface area contributed by atoms with E-state index in [1.807, 2.05) is 49.1 Å². The molecule has 0 bridgehead atoms. The number of rotatable bonds is 6. The number of nitro benzene ring substituents is 1. The maximum Gasteiger partial charge on any atom is 0.269 e. The zero-order valence-corrected chi connectivity index (χ0v) is 19.1. The van der Waals surface area contributed by atoms with Crippen molar-refractivity contribution in [2.75, 3.05) is 36.4 Å². The Balaban J connectivity index is 1.45. The number of nitrogens with one attached hydrogen (secondary N) is 1. The number of non-ortho nitro benzene ring substituents is 1. The molecule has 0 atom stereocenters. The van der Waals surface area contributed by atoms with Crippen LogP contribution in [0.5, 0.6) is 0 Å². The number of hydrogen-bond donors (Lipinski definition) is 1. The fourth-order valence-electron chi connectivity index (χ4n) is 3.56. The molecule has 0 amide bonds. The number of piperazine rings is 1. The molecule has 4 rings (SSSR count). The lowest BCUT2D eigenvalue weighted by Gasteiger charge is -2.34. The topological polar surface area (TPSA) is 122 Å². The van der Waals surface area contributed by atoms with Crippen LogP contribution in [0.4, 0.5) is 23.1 Å². The first-order chi connectivity index (χ1) is 15.7. The van der Waals surface area contributed by atoms with Crippen LogP contribution in [-0.2, 0) is 10.0 Å². The van der Waals surface area contributed by atoms with Crippen molar-refractivity contribution in [1.82, 2.24) is 14.3 Å². The first-order valence-electron chi connectivity index (χ1n) is 10.4. The Morgan fingerprint density at radius 3 is 2.18 bits per heavy atom. The summed E-state index contributed by atoms with van der Waals surface area (Å²) in [5.74, 6) is 1.21. The summed E-state index contributed by atoms with van der Waals surface area (Å²) in [5.41, 5.74) is 2.74. The summed E-state index contributed by atoms with van der Waals surface area (Å²) in [6.07, 6.45) is 0. The average molecular weight is 469 g/mol. The lowest BCUT2D eigenvalue weighted by molar-refractivity contribution is -0.384. The monoisotopic (exact) mass is 468 g/mol. The number of anilines is 3. The highest BCUT2D eigenvalue weighted by atomic mass is 32.2. The number of sulfonamides is 1. The summed E-state index contributed by atoms with van der Waals surface area (Å²) in [6, 6.07) is 14.8. The second kappa shape index (κ2) is 9.12. The molecule has 0 radical (unpaired) electrons. The first-order valence-corrected chi connectivity index (χ1v) is 11.9. The van der Waals surface area contributed by atoms with E-state index in [0.717, 1.165) is 11.4 Å². The lowest BCUT2D eigenvalue weighted by Crippen LogP contribution is -2.49. The van der Waals surface area contributed by atoms with Crippen molar-refractivity contribution in [2.24, 2.45) is 0 Å². The molecule has 1 aliphatic heterocycles. The van der Waals surface area contributed by atoms with E-state index in [4.69, 9.17) is 0 Å². The quantitative estimate of drug-likeness (QED) is 0.432. The third kappa shape index (κ3) is 5.10. The Morgan fingerprint density at radius 1 is 0.939 bits per heavy atom. The van der Waals surface area contributed by atoms with E-state index in [2.05, 4.69) is 15.3 Å². The molecule has 3 aromatic rings. The standard InChI is InChI=1S/C22H24N6O4S/c1-16-3-5-18(6-4-16)24-21-15-17(2)23-22(25-21)26-11-13-27(14-12-26)33(31,32)20-9-7-19(8-10-20)28(29)30/h3-10,15H,11-14H2,1-2H3,(H,23,24,25). The van der Waals surface area contributed by atoms with Gasteiger partial charge in [-0.3, -0.25) is 10.1 Å². The van der Waals surface area contributed by atoms with Gasteiger partial charge < -0.3 is 10.2 Å². The molecule has 172 valence electrons. The van der Waals surface area contributed by atoms with E-state index in [1.54, 1.807) is 0 Å². The zero-order chi connectivity index (χ0) is 23.6. The summed E-state index contributed by atoms with van der Waals surface area (Å²) in [5, 5.41) is 14.1. The molecule has 2 aromatic carbocycles. The van der Waals surface area contributed by atoms with Crippen molar-refractivity contribution in [3.63, 3.8) is 0 Å². The summed E-state index contributed by atoms with van der Waals surface area (Å²) in [4.78, 5) is 21.4. The van der Waals surface area contributed by atoms with E-state index in [9.17, 15) is 18.5 Å². The Morgan fingerprint density at radius 2 is 1.58 bits per heavy atom. The fourth-order valence-corrected chi connectivity index (χ4v) is 4.98. The van der Waals surface area contributed by atoms with Crippen molar-refractivity contribution in [1.29, 1.82) is 0 Å². The highest BCUT2D eigenvalue weighted by Gasteiger charge is 2.29. The average Bonchev–Trinajstić information content (AvgIpc) is 2.80. The molecule has 1 aliphatic rings. The summed E-state index contributed by atoms with van der Waals surface area (Å²) in [7, 11) is -3.74. The molecular weight excluding hydrogens is 444 g/mol. The first kappa shape index (κ1) is 22.6. The minimum absolute atomic E-state index is 0.0398. The molecule has 0 saturated carbocycles. The van der Waals surface area contributed by atoms with E-state index < -0.39 is 14.9 Å². The fraction of sp³-hybridized carbons (Fsp3) is 0.273. The van der Waals surface area contributed by atoms with E-state index >= 15 is 0 Å². The van der Waals surface area contributed by atoms with Gasteiger partial charge >= 0.3 is 0 Å². The predicted octanol–water partition coefficient (Wildman–Crippen LogP) is 3.26. The molecule has 11 heteroatoms. The van der Waals surface area contributed by atoms with Crippen LogP contribution in [-0.4, -0.2) is 53.8 Å². The van der Waals surface area contributed by atoms with Gasteiger partial charge in [0.05, 0.1) is 9.82 Å². The number of nitrogens with zero attached hydrogens (tertiary/aromatic N) is 5. The lowest BCUT2D eigenvalue weighted by atomic mass is 10.2. The van der Waals surface area contributed by atoms with Gasteiger partial charge in [0.15, 0.2) is 0 Å². The van der Waals surface area contributed by atoms with Gasteiger partial charge in [-0.05, 0) is 38.1 Å². The third-order valence-electron chi connectivity index (χ3n) is 5.37. The van der Waals surface area contributed by atoms with Gasteiger partial charge in [0.1, 0.15) is 5.82 Å². The number of benzene rings is 2. The van der Waals surface area contributed by atoms with Crippen LogP contribution in [0.1, 0.15) is 11.3 Å². The Bertz CT molecular complexity index is 1260. The molecule has 0 unspecified atom stereocenters. The van der Waals surface area contributed by atoms with Crippen molar-refractivity contribution in [3.05, 3.63) is 76.0 Å². The number of hydrogen-bond acceptors (Lipinski definition) is 8. The molecule has 33 heavy (non-hydrogen) atoms. The van der Waals surface area contributed by atoms with Gasteiger partial charge in [-0.2, -0.15) is 9.29 Å². The van der Waals surface area contributed by atoms with Gasteiger partial charge in [-0.25, -0.2) is 13.4 Å². The minimum atomic E-state index is -3.74. The van der Waals surface area contributed by atoms with Gasteiger partial charge in [0.2, 0.25) is 16.0 Å². The number of nitro groups is 1. The largest absolute Gasteiger partial charge is 0.340 e. The minimum Gasteiger partial charge on any atom is -0.340 e. The van der Waals surface area contributed by atoms with Gasteiger partial charge in [0, 0.05) is 55.8 Å². The zero-order valence-electron chi connectivity index (χ0n) is 18.3. The normalized spacial score (nSPS) is 14.8. The van der Waals surface area contributed by atoms with Crippen molar-refractivity contribution in [3.8, 4) is 0 Å². The maximum atomic E-state index is 12.9. The highest BCUT2D eigenvalue weighted by Crippen LogP contribution is 2.23. The molecule has 10 nitrogen and oxygen atoms in total. The number of aromatic nitrogens is 2. The van der Waals surface area contributed by atoms with Crippen LogP contribution < -0.4 is 10.2 Å². The second-order valence-electron chi connectivity index (χ2n) is 7.83. The highest BCUT2D eigenvalue weighted by molar-refractivity contribution is 7.89. The van der Waals surface area contributed by atoms with Crippen LogP contribution in [0.25, 0.3) is 0 Å². The van der Waals surface area contributed by atoms with Gasteiger partial charge in [-0.1, -0.05) is 17.7 Å². The molecule has 1 aromatic heterocycles. The van der Waals surface area contributed by atoms with Crippen LogP contribution >= 0.6 is 0 Å². The molecular formula is C22H24N6O4S.